The van der Waals surface area contributed by atoms with E-state index in [1.165, 1.54) is 0 Å². The molecule has 10 nitrogen and oxygen atoms in total. The van der Waals surface area contributed by atoms with E-state index in [1.54, 1.807) is 0 Å². The molecule has 0 unspecified atom stereocenters. The predicted molar refractivity (Wildman–Crippen MR) is 60.0 cm³/mol. The summed E-state index contributed by atoms with van der Waals surface area (Å²) in [6.45, 7) is 1.89. The first kappa shape index (κ1) is 21.9. The Hall–Kier alpha value is -1.34. The van der Waals surface area contributed by atoms with E-state index in [0.717, 1.165) is 38.8 Å². The third-order valence-corrected chi connectivity index (χ3v) is 2.95. The van der Waals surface area contributed by atoms with Crippen LogP contribution in [0.4, 0.5) is 0 Å². The van der Waals surface area contributed by atoms with Crippen molar-refractivity contribution in [1.82, 2.24) is 0 Å². The Morgan fingerprint density at radius 1 is 0.905 bits per heavy atom. The van der Waals surface area contributed by atoms with Gasteiger partial charge in [-0.2, -0.15) is 0 Å². The topological polar surface area (TPSA) is 180 Å². The normalized spacial score (nSPS) is 22.7. The first-order valence-corrected chi connectivity index (χ1v) is 6.24. The smallest absolute Gasteiger partial charge is 0.544 e. The zero-order chi connectivity index (χ0) is 15.5. The Morgan fingerprint density at radius 3 is 1.29 bits per heavy atom. The second kappa shape index (κ2) is 12.4. The minimum absolute atomic E-state index is 0. The molecule has 0 amide bonds. The van der Waals surface area contributed by atoms with Gasteiger partial charge >= 0.3 is 18.9 Å². The SMILES string of the molecule is O=C([O-])[C@@H]1CCC[NH2+]1.O=C([O-])[C@@H]1CCC[NH2+]1.O=[N+]([O-])[O-].[Li+]. The second-order valence-electron chi connectivity index (χ2n) is 4.41. The Morgan fingerprint density at radius 2 is 1.19 bits per heavy atom. The van der Waals surface area contributed by atoms with Crippen LogP contribution >= 0.6 is 0 Å². The zero-order valence-corrected chi connectivity index (χ0v) is 11.9. The fourth-order valence-corrected chi connectivity index (χ4v) is 1.98. The molecule has 0 aromatic heterocycles. The van der Waals surface area contributed by atoms with Crippen molar-refractivity contribution < 1.29 is 54.4 Å². The number of carbonyl (C=O) groups excluding carboxylic acids is 2. The van der Waals surface area contributed by atoms with Crippen LogP contribution in [-0.2, 0) is 9.59 Å². The minimum Gasteiger partial charge on any atom is -0.544 e. The fourth-order valence-electron chi connectivity index (χ4n) is 1.98. The summed E-state index contributed by atoms with van der Waals surface area (Å²) in [5, 5.41) is 38.5. The molecule has 0 aliphatic carbocycles. The Bertz CT molecular complexity index is 301. The number of hydrogen-bond acceptors (Lipinski definition) is 7. The number of carboxylic acid groups (broad SMARTS) is 2. The molecule has 0 radical (unpaired) electrons. The Kier molecular flexibility index (Phi) is 13.0. The third-order valence-electron chi connectivity index (χ3n) is 2.95. The molecule has 2 heterocycles. The van der Waals surface area contributed by atoms with Gasteiger partial charge in [0.2, 0.25) is 0 Å². The van der Waals surface area contributed by atoms with Crippen LogP contribution in [0.15, 0.2) is 0 Å². The molecular weight excluding hydrogens is 281 g/mol. The average Bonchev–Trinajstić information content (AvgIpc) is 3.03. The van der Waals surface area contributed by atoms with Gasteiger partial charge in [0.25, 0.3) is 0 Å². The van der Waals surface area contributed by atoms with Gasteiger partial charge in [-0.3, -0.25) is 0 Å². The summed E-state index contributed by atoms with van der Waals surface area (Å²) >= 11 is 0. The van der Waals surface area contributed by atoms with Crippen molar-refractivity contribution in [2.24, 2.45) is 0 Å². The van der Waals surface area contributed by atoms with Crippen LogP contribution in [0.25, 0.3) is 0 Å². The van der Waals surface area contributed by atoms with Gasteiger partial charge in [0.15, 0.2) is 0 Å². The van der Waals surface area contributed by atoms with Crippen LogP contribution in [0.5, 0.6) is 0 Å². The molecular formula is C10H18LiN3O7. The number of nitrogens with two attached hydrogens (primary N) is 2. The molecule has 116 valence electrons. The fraction of sp³-hybridized carbons (Fsp3) is 0.800. The summed E-state index contributed by atoms with van der Waals surface area (Å²) in [5.41, 5.74) is 0. The number of carboxylic acids is 2. The van der Waals surface area contributed by atoms with Gasteiger partial charge in [0.1, 0.15) is 12.1 Å². The summed E-state index contributed by atoms with van der Waals surface area (Å²) in [4.78, 5) is 28.4. The molecule has 11 heteroatoms. The van der Waals surface area contributed by atoms with Gasteiger partial charge in [-0.25, -0.2) is 0 Å². The van der Waals surface area contributed by atoms with Gasteiger partial charge in [-0.05, 0) is 0 Å². The molecule has 4 N–H and O–H groups in total. The minimum atomic E-state index is -1.75. The molecule has 2 aliphatic heterocycles. The summed E-state index contributed by atoms with van der Waals surface area (Å²) < 4.78 is 0. The van der Waals surface area contributed by atoms with Gasteiger partial charge < -0.3 is 45.8 Å². The summed E-state index contributed by atoms with van der Waals surface area (Å²) in [7, 11) is 0. The van der Waals surface area contributed by atoms with Crippen molar-refractivity contribution in [1.29, 1.82) is 0 Å². The van der Waals surface area contributed by atoms with Crippen molar-refractivity contribution in [3.05, 3.63) is 15.3 Å². The second-order valence-corrected chi connectivity index (χ2v) is 4.41. The monoisotopic (exact) mass is 299 g/mol. The van der Waals surface area contributed by atoms with Crippen LogP contribution in [0.1, 0.15) is 25.7 Å². The van der Waals surface area contributed by atoms with Crippen LogP contribution in [0.3, 0.4) is 0 Å². The molecule has 0 aromatic carbocycles. The van der Waals surface area contributed by atoms with E-state index in [1.807, 2.05) is 10.6 Å². The van der Waals surface area contributed by atoms with E-state index in [4.69, 9.17) is 15.3 Å². The molecule has 2 rings (SSSR count). The summed E-state index contributed by atoms with van der Waals surface area (Å²) in [6, 6.07) is -0.509. The molecule has 0 bridgehead atoms. The molecule has 0 aromatic rings. The van der Waals surface area contributed by atoms with E-state index < -0.39 is 17.0 Å². The quantitative estimate of drug-likeness (QED) is 0.288. The van der Waals surface area contributed by atoms with Crippen molar-refractivity contribution in [2.75, 3.05) is 13.1 Å². The van der Waals surface area contributed by atoms with Crippen molar-refractivity contribution in [3.8, 4) is 0 Å². The largest absolute Gasteiger partial charge is 1.00 e. The van der Waals surface area contributed by atoms with Crippen LogP contribution < -0.4 is 39.7 Å². The van der Waals surface area contributed by atoms with Gasteiger partial charge in [0.05, 0.1) is 30.1 Å². The summed E-state index contributed by atoms with van der Waals surface area (Å²) in [6.07, 6.45) is 3.59. The number of carbonyl (C=O) groups is 2. The van der Waals surface area contributed by atoms with Crippen LogP contribution in [0, 0.1) is 15.3 Å². The number of rotatable bonds is 2. The first-order valence-electron chi connectivity index (χ1n) is 6.24. The number of nitrogens with zero attached hydrogens (tertiary/aromatic N) is 1. The molecule has 2 saturated heterocycles. The van der Waals surface area contributed by atoms with E-state index in [0.29, 0.717) is 0 Å². The van der Waals surface area contributed by atoms with Gasteiger partial charge in [-0.15, -0.1) is 0 Å². The first-order chi connectivity index (χ1) is 9.34. The van der Waals surface area contributed by atoms with E-state index >= 15 is 0 Å². The molecule has 21 heavy (non-hydrogen) atoms. The van der Waals surface area contributed by atoms with Gasteiger partial charge in [0, 0.05) is 25.7 Å². The number of quaternary nitrogens is 2. The van der Waals surface area contributed by atoms with Crippen molar-refractivity contribution in [3.63, 3.8) is 0 Å². The zero-order valence-electron chi connectivity index (χ0n) is 11.9. The maximum atomic E-state index is 10.1. The van der Waals surface area contributed by atoms with E-state index in [2.05, 4.69) is 0 Å². The molecule has 0 spiro atoms. The summed E-state index contributed by atoms with van der Waals surface area (Å²) in [5.74, 6) is -1.83. The molecule has 2 atom stereocenters. The maximum absolute atomic E-state index is 10.1. The number of hydrogen-bond donors (Lipinski definition) is 2. The molecule has 2 aliphatic rings. The maximum Gasteiger partial charge on any atom is 1.00 e. The molecule has 2 fully saturated rings. The number of aliphatic carboxylic acids is 2. The van der Waals surface area contributed by atoms with Crippen molar-refractivity contribution >= 4 is 11.9 Å². The molecule has 0 saturated carbocycles. The Balaban J connectivity index is 0. The predicted octanol–water partition coefficient (Wildman–Crippen LogP) is -8.31. The third kappa shape index (κ3) is 12.1. The average molecular weight is 299 g/mol. The van der Waals surface area contributed by atoms with Crippen LogP contribution in [-0.4, -0.2) is 42.2 Å². The van der Waals surface area contributed by atoms with Crippen molar-refractivity contribution in [2.45, 2.75) is 37.8 Å². The van der Waals surface area contributed by atoms with E-state index in [9.17, 15) is 19.8 Å². The Labute approximate surface area is 133 Å². The van der Waals surface area contributed by atoms with E-state index in [-0.39, 0.29) is 30.9 Å². The standard InChI is InChI=1S/2C5H9NO2.Li.NO3/c2*7-5(8)4-2-1-3-6-4;;2-1(3)4/h2*4,6H,1-3H2,(H,7,8);;/q;;+1;-1/t2*4-;;/m00../s1. The van der Waals surface area contributed by atoms with Gasteiger partial charge in [-0.1, -0.05) is 0 Å². The van der Waals surface area contributed by atoms with Crippen LogP contribution in [0.2, 0.25) is 0 Å².